The van der Waals surface area contributed by atoms with E-state index in [-0.39, 0.29) is 36.9 Å². The lowest BCUT2D eigenvalue weighted by molar-refractivity contribution is -0.137. The molecule has 1 aliphatic carbocycles. The summed E-state index contributed by atoms with van der Waals surface area (Å²) in [6.07, 6.45) is 3.40. The van der Waals surface area contributed by atoms with E-state index in [1.165, 1.54) is 0 Å². The molecular formula is C16H26N4O4. The van der Waals surface area contributed by atoms with Crippen molar-refractivity contribution < 1.29 is 19.2 Å². The summed E-state index contributed by atoms with van der Waals surface area (Å²) >= 11 is 0. The van der Waals surface area contributed by atoms with Gasteiger partial charge in [0.2, 0.25) is 11.8 Å². The summed E-state index contributed by atoms with van der Waals surface area (Å²) in [6.45, 7) is 5.04. The third-order valence-electron chi connectivity index (χ3n) is 4.70. The average molecular weight is 338 g/mol. The van der Waals surface area contributed by atoms with E-state index in [1.807, 2.05) is 20.8 Å². The zero-order chi connectivity index (χ0) is 17.9. The fourth-order valence-corrected chi connectivity index (χ4v) is 3.39. The molecule has 3 N–H and O–H groups in total. The van der Waals surface area contributed by atoms with Crippen LogP contribution in [0.15, 0.2) is 0 Å². The van der Waals surface area contributed by atoms with Crippen LogP contribution in [0.2, 0.25) is 0 Å². The zero-order valence-electron chi connectivity index (χ0n) is 14.5. The molecule has 2 fully saturated rings. The van der Waals surface area contributed by atoms with Gasteiger partial charge in [0.25, 0.3) is 5.91 Å². The van der Waals surface area contributed by atoms with Crippen LogP contribution >= 0.6 is 0 Å². The largest absolute Gasteiger partial charge is 0.352 e. The molecule has 24 heavy (non-hydrogen) atoms. The minimum Gasteiger partial charge on any atom is -0.352 e. The third-order valence-corrected chi connectivity index (χ3v) is 4.70. The molecule has 0 aromatic carbocycles. The highest BCUT2D eigenvalue weighted by molar-refractivity contribution is 6.09. The predicted molar refractivity (Wildman–Crippen MR) is 86.9 cm³/mol. The summed E-state index contributed by atoms with van der Waals surface area (Å²) in [5, 5.41) is 7.88. The maximum atomic E-state index is 12.7. The van der Waals surface area contributed by atoms with Crippen LogP contribution < -0.4 is 16.0 Å². The molecule has 0 unspecified atom stereocenters. The topological polar surface area (TPSA) is 108 Å². The number of hydrogen-bond donors (Lipinski definition) is 3. The maximum absolute atomic E-state index is 12.7. The van der Waals surface area contributed by atoms with Crippen molar-refractivity contribution in [3.05, 3.63) is 0 Å². The molecule has 0 radical (unpaired) electrons. The maximum Gasteiger partial charge on any atom is 0.325 e. The Morgan fingerprint density at radius 2 is 2.00 bits per heavy atom. The number of urea groups is 1. The second-order valence-corrected chi connectivity index (χ2v) is 6.94. The summed E-state index contributed by atoms with van der Waals surface area (Å²) < 4.78 is 0. The minimum absolute atomic E-state index is 0.0204. The lowest BCUT2D eigenvalue weighted by atomic mass is 9.73. The predicted octanol–water partition coefficient (Wildman–Crippen LogP) is 0.128. The molecule has 2 aliphatic rings. The fourth-order valence-electron chi connectivity index (χ4n) is 3.39. The molecule has 1 saturated heterocycles. The van der Waals surface area contributed by atoms with Crippen molar-refractivity contribution >= 4 is 23.8 Å². The van der Waals surface area contributed by atoms with Gasteiger partial charge in [-0.05, 0) is 32.6 Å². The second kappa shape index (κ2) is 7.19. The molecule has 8 heteroatoms. The first-order valence-electron chi connectivity index (χ1n) is 8.46. The van der Waals surface area contributed by atoms with Gasteiger partial charge in [-0.25, -0.2) is 4.79 Å². The number of nitrogens with zero attached hydrogens (tertiary/aromatic N) is 1. The van der Waals surface area contributed by atoms with Gasteiger partial charge in [-0.2, -0.15) is 0 Å². The number of hydrogen-bond acceptors (Lipinski definition) is 4. The highest BCUT2D eigenvalue weighted by atomic mass is 16.2. The molecule has 1 heterocycles. The van der Waals surface area contributed by atoms with Crippen molar-refractivity contribution in [1.82, 2.24) is 20.9 Å². The van der Waals surface area contributed by atoms with E-state index >= 15 is 0 Å². The first kappa shape index (κ1) is 18.2. The third kappa shape index (κ3) is 3.68. The van der Waals surface area contributed by atoms with Crippen molar-refractivity contribution in [2.45, 2.75) is 58.0 Å². The van der Waals surface area contributed by atoms with Crippen molar-refractivity contribution in [3.63, 3.8) is 0 Å². The molecule has 2 rings (SSSR count). The Balaban J connectivity index is 1.92. The van der Waals surface area contributed by atoms with Crippen LogP contribution in [0.1, 0.15) is 46.5 Å². The van der Waals surface area contributed by atoms with Crippen LogP contribution in [0, 0.1) is 5.92 Å². The van der Waals surface area contributed by atoms with Crippen molar-refractivity contribution in [2.24, 2.45) is 5.92 Å². The molecular weight excluding hydrogens is 312 g/mol. The van der Waals surface area contributed by atoms with E-state index in [1.54, 1.807) is 0 Å². The molecule has 5 amide bonds. The molecule has 2 atom stereocenters. The Kier molecular flexibility index (Phi) is 5.46. The molecule has 0 bridgehead atoms. The fraction of sp³-hybridized carbons (Fsp3) is 0.750. The molecule has 1 saturated carbocycles. The monoisotopic (exact) mass is 338 g/mol. The Morgan fingerprint density at radius 1 is 1.29 bits per heavy atom. The van der Waals surface area contributed by atoms with E-state index in [0.717, 1.165) is 24.2 Å². The SMILES string of the molecule is CC(C)NC(=O)CNC(=O)CN1C(=O)N[C@]2(CCCC[C@H]2C)C1=O. The van der Waals surface area contributed by atoms with Crippen LogP contribution in [0.5, 0.6) is 0 Å². The van der Waals surface area contributed by atoms with Gasteiger partial charge in [-0.15, -0.1) is 0 Å². The smallest absolute Gasteiger partial charge is 0.325 e. The van der Waals surface area contributed by atoms with Crippen molar-refractivity contribution in [3.8, 4) is 0 Å². The summed E-state index contributed by atoms with van der Waals surface area (Å²) in [5.74, 6) is -1.13. The van der Waals surface area contributed by atoms with E-state index in [2.05, 4.69) is 16.0 Å². The Bertz CT molecular complexity index is 548. The van der Waals surface area contributed by atoms with Gasteiger partial charge in [-0.1, -0.05) is 19.8 Å². The molecule has 1 aliphatic heterocycles. The lowest BCUT2D eigenvalue weighted by Crippen LogP contribution is -2.54. The van der Waals surface area contributed by atoms with Crippen LogP contribution in [0.3, 0.4) is 0 Å². The standard InChI is InChI=1S/C16H26N4O4/c1-10(2)18-12(21)8-17-13(22)9-20-14(23)16(19-15(20)24)7-5-4-6-11(16)3/h10-11H,4-9H2,1-3H3,(H,17,22)(H,18,21)(H,19,24)/t11-,16+/m1/s1. The number of imide groups is 1. The van der Waals surface area contributed by atoms with Crippen LogP contribution in [-0.2, 0) is 14.4 Å². The van der Waals surface area contributed by atoms with E-state index < -0.39 is 17.5 Å². The molecule has 134 valence electrons. The molecule has 8 nitrogen and oxygen atoms in total. The van der Waals surface area contributed by atoms with Gasteiger partial charge >= 0.3 is 6.03 Å². The highest BCUT2D eigenvalue weighted by Gasteiger charge is 2.55. The number of nitrogens with one attached hydrogen (secondary N) is 3. The lowest BCUT2D eigenvalue weighted by Gasteiger charge is -2.36. The van der Waals surface area contributed by atoms with Gasteiger partial charge in [0.1, 0.15) is 12.1 Å². The molecule has 0 aromatic rings. The summed E-state index contributed by atoms with van der Waals surface area (Å²) in [4.78, 5) is 49.3. The molecule has 1 spiro atoms. The van der Waals surface area contributed by atoms with Gasteiger partial charge < -0.3 is 16.0 Å². The van der Waals surface area contributed by atoms with Gasteiger partial charge in [0.15, 0.2) is 0 Å². The van der Waals surface area contributed by atoms with Gasteiger partial charge in [0.05, 0.1) is 6.54 Å². The summed E-state index contributed by atoms with van der Waals surface area (Å²) in [7, 11) is 0. The Hall–Kier alpha value is -2.12. The van der Waals surface area contributed by atoms with Gasteiger partial charge in [-0.3, -0.25) is 19.3 Å². The number of amides is 5. The Morgan fingerprint density at radius 3 is 2.62 bits per heavy atom. The van der Waals surface area contributed by atoms with Crippen LogP contribution in [0.4, 0.5) is 4.79 Å². The van der Waals surface area contributed by atoms with Crippen LogP contribution in [0.25, 0.3) is 0 Å². The summed E-state index contributed by atoms with van der Waals surface area (Å²) in [6, 6.07) is -0.552. The second-order valence-electron chi connectivity index (χ2n) is 6.94. The van der Waals surface area contributed by atoms with Crippen LogP contribution in [-0.4, -0.2) is 53.3 Å². The number of carbonyl (C=O) groups excluding carboxylic acids is 4. The average Bonchev–Trinajstić information content (AvgIpc) is 2.73. The minimum atomic E-state index is -0.870. The van der Waals surface area contributed by atoms with Crippen molar-refractivity contribution in [1.29, 1.82) is 0 Å². The number of rotatable bonds is 5. The quantitative estimate of drug-likeness (QED) is 0.619. The normalized spacial score (nSPS) is 26.7. The first-order valence-corrected chi connectivity index (χ1v) is 8.46. The Labute approximate surface area is 141 Å². The number of carbonyl (C=O) groups is 4. The van der Waals surface area contributed by atoms with Gasteiger partial charge in [0, 0.05) is 6.04 Å². The van der Waals surface area contributed by atoms with Crippen molar-refractivity contribution in [2.75, 3.05) is 13.1 Å². The zero-order valence-corrected chi connectivity index (χ0v) is 14.5. The van der Waals surface area contributed by atoms with E-state index in [9.17, 15) is 19.2 Å². The van der Waals surface area contributed by atoms with E-state index in [0.29, 0.717) is 6.42 Å². The highest BCUT2D eigenvalue weighted by Crippen LogP contribution is 2.38. The van der Waals surface area contributed by atoms with E-state index in [4.69, 9.17) is 0 Å². The first-order chi connectivity index (χ1) is 11.3. The summed E-state index contributed by atoms with van der Waals surface area (Å²) in [5.41, 5.74) is -0.870. The molecule has 0 aromatic heterocycles.